The van der Waals surface area contributed by atoms with E-state index in [1.54, 1.807) is 5.56 Å². The summed E-state index contributed by atoms with van der Waals surface area (Å²) in [6.45, 7) is 6.64. The van der Waals surface area contributed by atoms with Crippen molar-refractivity contribution in [2.75, 3.05) is 0 Å². The molecule has 1 aromatic heterocycles. The van der Waals surface area contributed by atoms with Crippen molar-refractivity contribution >= 4 is 0 Å². The average Bonchev–Trinajstić information content (AvgIpc) is 2.70. The Morgan fingerprint density at radius 1 is 0.926 bits per heavy atom. The van der Waals surface area contributed by atoms with Crippen LogP contribution >= 0.6 is 0 Å². The van der Waals surface area contributed by atoms with E-state index in [2.05, 4.69) is 61.3 Å². The second-order valence-corrected chi connectivity index (χ2v) is 8.27. The minimum atomic E-state index is 0.717. The van der Waals surface area contributed by atoms with Crippen LogP contribution < -0.4 is 0 Å². The molecule has 0 saturated heterocycles. The molecule has 0 amide bonds. The quantitative estimate of drug-likeness (QED) is 0.464. The molecule has 2 nitrogen and oxygen atoms in total. The monoisotopic (exact) mass is 364 g/mol. The summed E-state index contributed by atoms with van der Waals surface area (Å²) in [6.07, 6.45) is 17.2. The molecule has 0 bridgehead atoms. The Hall–Kier alpha value is -1.70. The molecule has 0 spiro atoms. The van der Waals surface area contributed by atoms with Crippen LogP contribution in [0.1, 0.15) is 95.0 Å². The van der Waals surface area contributed by atoms with Gasteiger partial charge in [-0.3, -0.25) is 0 Å². The van der Waals surface area contributed by atoms with Gasteiger partial charge >= 0.3 is 0 Å². The second-order valence-electron chi connectivity index (χ2n) is 8.27. The summed E-state index contributed by atoms with van der Waals surface area (Å²) in [4.78, 5) is 8.83. The first-order valence-electron chi connectivity index (χ1n) is 11.2. The molecule has 0 atom stereocenters. The van der Waals surface area contributed by atoms with Crippen molar-refractivity contribution in [2.24, 2.45) is 5.92 Å². The Bertz CT molecular complexity index is 786. The van der Waals surface area contributed by atoms with E-state index in [9.17, 15) is 0 Å². The predicted molar refractivity (Wildman–Crippen MR) is 114 cm³/mol. The summed E-state index contributed by atoms with van der Waals surface area (Å²) in [5.41, 5.74) is 2.94. The molecule has 1 fully saturated rings. The van der Waals surface area contributed by atoms with Gasteiger partial charge in [0, 0.05) is 18.8 Å². The average molecular weight is 365 g/mol. The highest BCUT2D eigenvalue weighted by molar-refractivity contribution is 5.33. The molecule has 2 heteroatoms. The number of unbranched alkanes of at least 4 members (excludes halogenated alkanes) is 1. The van der Waals surface area contributed by atoms with Gasteiger partial charge in [-0.1, -0.05) is 58.2 Å². The largest absolute Gasteiger partial charge is 0.241 e. The van der Waals surface area contributed by atoms with Gasteiger partial charge in [-0.05, 0) is 71.9 Å². The third-order valence-corrected chi connectivity index (χ3v) is 6.27. The van der Waals surface area contributed by atoms with Crippen molar-refractivity contribution in [3.8, 4) is 0 Å². The van der Waals surface area contributed by atoms with Gasteiger partial charge in [0.2, 0.25) is 0 Å². The molecule has 3 aliphatic carbocycles. The van der Waals surface area contributed by atoms with Gasteiger partial charge in [-0.25, -0.2) is 9.97 Å². The topological polar surface area (TPSA) is 25.8 Å². The lowest BCUT2D eigenvalue weighted by Gasteiger charge is -2.28. The van der Waals surface area contributed by atoms with Crippen molar-refractivity contribution < 1.29 is 0 Å². The van der Waals surface area contributed by atoms with Crippen molar-refractivity contribution in [1.82, 2.24) is 9.97 Å². The van der Waals surface area contributed by atoms with Crippen LogP contribution in [0, 0.1) is 16.4 Å². The normalized spacial score (nSPS) is 20.0. The van der Waals surface area contributed by atoms with Gasteiger partial charge < -0.3 is 0 Å². The van der Waals surface area contributed by atoms with Gasteiger partial charge in [0.05, 0.1) is 0 Å². The standard InChI is InChI=1S/C15H24N2.C10H12/c1-3-5-12-6-8-13(9-7-12)14-10-16-15(4-2)17-11-14;1-2-3-4-8-7-9-5-6-10(8)9/h10-13H,3-9H2,1-2H3;5-7H,2-4H2,1H3. The summed E-state index contributed by atoms with van der Waals surface area (Å²) in [6, 6.07) is 6.72. The lowest BCUT2D eigenvalue weighted by Crippen LogP contribution is -2.13. The molecule has 1 saturated carbocycles. The minimum Gasteiger partial charge on any atom is -0.241 e. The van der Waals surface area contributed by atoms with E-state index in [1.807, 2.05) is 0 Å². The zero-order valence-corrected chi connectivity index (χ0v) is 17.5. The Morgan fingerprint density at radius 2 is 1.67 bits per heavy atom. The summed E-state index contributed by atoms with van der Waals surface area (Å²) in [5, 5.41) is 3.01. The summed E-state index contributed by atoms with van der Waals surface area (Å²) < 4.78 is 0. The number of aromatic nitrogens is 2. The Kier molecular flexibility index (Phi) is 7.43. The highest BCUT2D eigenvalue weighted by atomic mass is 14.9. The fourth-order valence-electron chi connectivity index (χ4n) is 4.39. The highest BCUT2D eigenvalue weighted by Gasteiger charge is 2.22. The van der Waals surface area contributed by atoms with Crippen LogP contribution in [0.3, 0.4) is 0 Å². The van der Waals surface area contributed by atoms with Crippen molar-refractivity contribution in [3.63, 3.8) is 0 Å². The molecule has 4 rings (SSSR count). The maximum absolute atomic E-state index is 4.42. The van der Waals surface area contributed by atoms with Crippen molar-refractivity contribution in [1.29, 1.82) is 0 Å². The molecule has 0 unspecified atom stereocenters. The molecule has 0 aliphatic heterocycles. The van der Waals surface area contributed by atoms with E-state index in [1.165, 1.54) is 73.8 Å². The number of rotatable bonds is 7. The van der Waals surface area contributed by atoms with E-state index < -0.39 is 0 Å². The van der Waals surface area contributed by atoms with E-state index in [0.29, 0.717) is 5.92 Å². The first-order valence-corrected chi connectivity index (χ1v) is 11.2. The highest BCUT2D eigenvalue weighted by Crippen LogP contribution is 2.36. The van der Waals surface area contributed by atoms with E-state index in [4.69, 9.17) is 0 Å². The Balaban J connectivity index is 0.000000177. The maximum Gasteiger partial charge on any atom is 0.127 e. The summed E-state index contributed by atoms with van der Waals surface area (Å²) in [5.74, 6) is 2.66. The van der Waals surface area contributed by atoms with Gasteiger partial charge in [0.15, 0.2) is 0 Å². The van der Waals surface area contributed by atoms with Crippen LogP contribution in [0.5, 0.6) is 0 Å². The van der Waals surface area contributed by atoms with Gasteiger partial charge in [-0.15, -0.1) is 0 Å². The van der Waals surface area contributed by atoms with Gasteiger partial charge in [0.1, 0.15) is 5.82 Å². The third-order valence-electron chi connectivity index (χ3n) is 6.27. The SMILES string of the molecule is CCCC1CCC(c2cnc(CC)nc2)CC1.CCCCc1cc2ccc1=2. The fourth-order valence-corrected chi connectivity index (χ4v) is 4.39. The van der Waals surface area contributed by atoms with Crippen molar-refractivity contribution in [3.05, 3.63) is 58.0 Å². The third kappa shape index (κ3) is 5.18. The Morgan fingerprint density at radius 3 is 2.15 bits per heavy atom. The maximum atomic E-state index is 4.42. The van der Waals surface area contributed by atoms with Crippen LogP contribution in [0.4, 0.5) is 0 Å². The first-order chi connectivity index (χ1) is 13.2. The number of hydrogen-bond acceptors (Lipinski definition) is 2. The predicted octanol–water partition coefficient (Wildman–Crippen LogP) is 6.74. The van der Waals surface area contributed by atoms with Crippen LogP contribution in [-0.2, 0) is 12.8 Å². The molecular weight excluding hydrogens is 328 g/mol. The molecule has 146 valence electrons. The van der Waals surface area contributed by atoms with Gasteiger partial charge in [0.25, 0.3) is 0 Å². The van der Waals surface area contributed by atoms with E-state index >= 15 is 0 Å². The van der Waals surface area contributed by atoms with E-state index in [-0.39, 0.29) is 0 Å². The zero-order valence-electron chi connectivity index (χ0n) is 17.5. The number of hydrogen-bond donors (Lipinski definition) is 0. The molecule has 1 heterocycles. The number of benzene rings is 1. The first kappa shape index (κ1) is 20.0. The summed E-state index contributed by atoms with van der Waals surface area (Å²) >= 11 is 0. The number of aryl methyl sites for hydroxylation is 2. The molecule has 0 N–H and O–H groups in total. The lowest BCUT2D eigenvalue weighted by atomic mass is 9.78. The lowest BCUT2D eigenvalue weighted by molar-refractivity contribution is 0.307. The van der Waals surface area contributed by atoms with Crippen LogP contribution in [0.15, 0.2) is 30.6 Å². The van der Waals surface area contributed by atoms with Crippen LogP contribution in [0.2, 0.25) is 0 Å². The number of nitrogens with zero attached hydrogens (tertiary/aromatic N) is 2. The molecule has 0 aromatic carbocycles. The van der Waals surface area contributed by atoms with Crippen LogP contribution in [0.25, 0.3) is 0 Å². The fraction of sp³-hybridized carbons (Fsp3) is 0.600. The molecule has 27 heavy (non-hydrogen) atoms. The second kappa shape index (κ2) is 10.0. The molecule has 3 aliphatic rings. The zero-order chi connectivity index (χ0) is 19.1. The minimum absolute atomic E-state index is 0.717. The van der Waals surface area contributed by atoms with Crippen molar-refractivity contribution in [2.45, 2.75) is 90.9 Å². The molecular formula is C25H36N2. The molecule has 1 aromatic rings. The molecule has 0 radical (unpaired) electrons. The van der Waals surface area contributed by atoms with Crippen LogP contribution in [-0.4, -0.2) is 9.97 Å². The van der Waals surface area contributed by atoms with Gasteiger partial charge in [-0.2, -0.15) is 0 Å². The Labute approximate surface area is 165 Å². The smallest absolute Gasteiger partial charge is 0.127 e. The summed E-state index contributed by atoms with van der Waals surface area (Å²) in [7, 11) is 0. The van der Waals surface area contributed by atoms with E-state index in [0.717, 1.165) is 18.2 Å².